The Hall–Kier alpha value is -2.02. The van der Waals surface area contributed by atoms with Crippen molar-refractivity contribution in [2.75, 3.05) is 30.3 Å². The Morgan fingerprint density at radius 3 is 3.00 bits per heavy atom. The van der Waals surface area contributed by atoms with Crippen molar-refractivity contribution < 1.29 is 4.74 Å². The van der Waals surface area contributed by atoms with Gasteiger partial charge in [-0.15, -0.1) is 0 Å². The van der Waals surface area contributed by atoms with Crippen LogP contribution in [0.15, 0.2) is 12.5 Å². The molecule has 0 atom stereocenters. The van der Waals surface area contributed by atoms with Crippen LogP contribution in [0, 0.1) is 0 Å². The first kappa shape index (κ1) is 10.9. The Kier molecular flexibility index (Phi) is 2.14. The van der Waals surface area contributed by atoms with Gasteiger partial charge in [-0.2, -0.15) is 0 Å². The van der Waals surface area contributed by atoms with E-state index in [1.54, 1.807) is 6.20 Å². The Morgan fingerprint density at radius 1 is 1.26 bits per heavy atom. The van der Waals surface area contributed by atoms with Crippen LogP contribution in [0.2, 0.25) is 0 Å². The van der Waals surface area contributed by atoms with Gasteiger partial charge < -0.3 is 15.4 Å². The Balaban J connectivity index is 1.72. The minimum absolute atomic E-state index is 0.0509. The molecule has 4 rings (SSSR count). The summed E-state index contributed by atoms with van der Waals surface area (Å²) in [6.45, 7) is 2.38. The van der Waals surface area contributed by atoms with E-state index in [0.29, 0.717) is 22.8 Å². The van der Waals surface area contributed by atoms with Crippen LogP contribution in [0.3, 0.4) is 0 Å². The zero-order valence-electron chi connectivity index (χ0n) is 10.4. The Labute approximate surface area is 109 Å². The van der Waals surface area contributed by atoms with E-state index in [-0.39, 0.29) is 5.60 Å². The third-order valence-electron chi connectivity index (χ3n) is 3.73. The van der Waals surface area contributed by atoms with Crippen LogP contribution in [-0.4, -0.2) is 45.2 Å². The third-order valence-corrected chi connectivity index (χ3v) is 3.73. The second-order valence-corrected chi connectivity index (χ2v) is 5.12. The van der Waals surface area contributed by atoms with E-state index < -0.39 is 0 Å². The number of aromatic nitrogens is 4. The molecular weight excluding hydrogens is 244 g/mol. The fourth-order valence-electron chi connectivity index (χ4n) is 2.47. The van der Waals surface area contributed by atoms with Crippen LogP contribution >= 0.6 is 0 Å². The molecule has 1 aliphatic heterocycles. The number of morpholine rings is 1. The van der Waals surface area contributed by atoms with Crippen LogP contribution in [0.1, 0.15) is 12.8 Å². The number of nitrogens with two attached hydrogens (primary N) is 1. The largest absolute Gasteiger partial charge is 0.382 e. The normalized spacial score (nSPS) is 20.9. The quantitative estimate of drug-likeness (QED) is 0.790. The van der Waals surface area contributed by atoms with E-state index in [9.17, 15) is 0 Å². The van der Waals surface area contributed by atoms with Crippen molar-refractivity contribution in [3.63, 3.8) is 0 Å². The van der Waals surface area contributed by atoms with Gasteiger partial charge in [-0.3, -0.25) is 0 Å². The minimum Gasteiger partial charge on any atom is -0.382 e. The first-order valence-corrected chi connectivity index (χ1v) is 6.38. The van der Waals surface area contributed by atoms with E-state index >= 15 is 0 Å². The van der Waals surface area contributed by atoms with Gasteiger partial charge in [0.1, 0.15) is 17.4 Å². The maximum absolute atomic E-state index is 5.84. The van der Waals surface area contributed by atoms with Crippen molar-refractivity contribution in [2.45, 2.75) is 18.4 Å². The topological polar surface area (TPSA) is 90.0 Å². The van der Waals surface area contributed by atoms with Crippen molar-refractivity contribution >= 4 is 22.8 Å². The monoisotopic (exact) mass is 258 g/mol. The molecule has 7 heteroatoms. The Bertz CT molecular complexity index is 641. The molecule has 2 aromatic heterocycles. The van der Waals surface area contributed by atoms with Gasteiger partial charge in [-0.05, 0) is 12.8 Å². The molecule has 1 spiro atoms. The third kappa shape index (κ3) is 1.77. The van der Waals surface area contributed by atoms with Crippen molar-refractivity contribution in [1.29, 1.82) is 0 Å². The van der Waals surface area contributed by atoms with Gasteiger partial charge >= 0.3 is 0 Å². The van der Waals surface area contributed by atoms with E-state index in [4.69, 9.17) is 10.5 Å². The fraction of sp³-hybridized carbons (Fsp3) is 0.500. The van der Waals surface area contributed by atoms with Crippen LogP contribution in [0.25, 0.3) is 11.0 Å². The van der Waals surface area contributed by atoms with Crippen LogP contribution in [0.4, 0.5) is 11.8 Å². The molecule has 98 valence electrons. The van der Waals surface area contributed by atoms with Crippen LogP contribution in [0.5, 0.6) is 0 Å². The smallest absolute Gasteiger partial charge is 0.226 e. The second-order valence-electron chi connectivity index (χ2n) is 5.12. The maximum Gasteiger partial charge on any atom is 0.226 e. The molecule has 2 aliphatic rings. The summed E-state index contributed by atoms with van der Waals surface area (Å²) in [5.41, 5.74) is 7.17. The highest BCUT2D eigenvalue weighted by molar-refractivity contribution is 5.83. The summed E-state index contributed by atoms with van der Waals surface area (Å²) >= 11 is 0. The summed E-state index contributed by atoms with van der Waals surface area (Å²) in [5, 5.41) is 0. The van der Waals surface area contributed by atoms with Crippen molar-refractivity contribution in [2.24, 2.45) is 0 Å². The van der Waals surface area contributed by atoms with Gasteiger partial charge in [-0.25, -0.2) is 19.9 Å². The lowest BCUT2D eigenvalue weighted by molar-refractivity contribution is 0.0201. The number of fused-ring (bicyclic) bond motifs is 1. The molecule has 0 aromatic carbocycles. The van der Waals surface area contributed by atoms with E-state index in [1.807, 2.05) is 0 Å². The molecule has 2 aromatic rings. The molecule has 1 aliphatic carbocycles. The van der Waals surface area contributed by atoms with Gasteiger partial charge in [0.25, 0.3) is 0 Å². The highest BCUT2D eigenvalue weighted by atomic mass is 16.5. The molecule has 19 heavy (non-hydrogen) atoms. The fourth-order valence-corrected chi connectivity index (χ4v) is 2.47. The standard InChI is InChI=1S/C12H14N6O/c13-10-9-8(15-7-16-10)5-14-11(17-9)18-3-4-19-12(6-18)1-2-12/h5,7H,1-4,6H2,(H2,13,15,16). The summed E-state index contributed by atoms with van der Waals surface area (Å²) < 4.78 is 5.79. The van der Waals surface area contributed by atoms with E-state index in [0.717, 1.165) is 32.5 Å². The summed E-state index contributed by atoms with van der Waals surface area (Å²) in [7, 11) is 0. The first-order valence-electron chi connectivity index (χ1n) is 6.38. The number of hydrogen-bond acceptors (Lipinski definition) is 7. The lowest BCUT2D eigenvalue weighted by atomic mass is 10.2. The van der Waals surface area contributed by atoms with Crippen LogP contribution < -0.4 is 10.6 Å². The zero-order chi connectivity index (χ0) is 12.9. The van der Waals surface area contributed by atoms with Gasteiger partial charge in [0, 0.05) is 13.1 Å². The highest BCUT2D eigenvalue weighted by Gasteiger charge is 2.47. The number of rotatable bonds is 1. The molecule has 0 bridgehead atoms. The summed E-state index contributed by atoms with van der Waals surface area (Å²) in [6, 6.07) is 0. The predicted octanol–water partition coefficient (Wildman–Crippen LogP) is 0.371. The number of anilines is 2. The second kappa shape index (κ2) is 3.74. The molecule has 0 radical (unpaired) electrons. The molecule has 2 N–H and O–H groups in total. The summed E-state index contributed by atoms with van der Waals surface area (Å²) in [4.78, 5) is 19.1. The van der Waals surface area contributed by atoms with E-state index in [1.165, 1.54) is 6.33 Å². The maximum atomic E-state index is 5.84. The number of hydrogen-bond donors (Lipinski definition) is 1. The minimum atomic E-state index is 0.0509. The molecule has 7 nitrogen and oxygen atoms in total. The van der Waals surface area contributed by atoms with E-state index in [2.05, 4.69) is 24.8 Å². The average Bonchev–Trinajstić information content (AvgIpc) is 3.18. The number of nitrogen functional groups attached to an aromatic ring is 1. The van der Waals surface area contributed by atoms with Gasteiger partial charge in [-0.1, -0.05) is 0 Å². The van der Waals surface area contributed by atoms with Gasteiger partial charge in [0.15, 0.2) is 5.82 Å². The molecule has 1 saturated heterocycles. The summed E-state index contributed by atoms with van der Waals surface area (Å²) in [5.74, 6) is 1.08. The van der Waals surface area contributed by atoms with Crippen molar-refractivity contribution in [3.8, 4) is 0 Å². The molecule has 1 saturated carbocycles. The Morgan fingerprint density at radius 2 is 2.16 bits per heavy atom. The van der Waals surface area contributed by atoms with Gasteiger partial charge in [0.05, 0.1) is 18.4 Å². The molecule has 2 fully saturated rings. The molecular formula is C12H14N6O. The SMILES string of the molecule is Nc1ncnc2cnc(N3CCOC4(CC4)C3)nc12. The van der Waals surface area contributed by atoms with Crippen molar-refractivity contribution in [1.82, 2.24) is 19.9 Å². The molecule has 3 heterocycles. The molecule has 0 unspecified atom stereocenters. The van der Waals surface area contributed by atoms with Gasteiger partial charge in [0.2, 0.25) is 5.95 Å². The highest BCUT2D eigenvalue weighted by Crippen LogP contribution is 2.42. The van der Waals surface area contributed by atoms with Crippen molar-refractivity contribution in [3.05, 3.63) is 12.5 Å². The predicted molar refractivity (Wildman–Crippen MR) is 69.7 cm³/mol. The lowest BCUT2D eigenvalue weighted by Gasteiger charge is -2.33. The molecule has 0 amide bonds. The average molecular weight is 258 g/mol. The lowest BCUT2D eigenvalue weighted by Crippen LogP contribution is -2.44. The van der Waals surface area contributed by atoms with Crippen LogP contribution in [-0.2, 0) is 4.74 Å². The number of ether oxygens (including phenoxy) is 1. The summed E-state index contributed by atoms with van der Waals surface area (Å²) in [6.07, 6.45) is 5.38. The first-order chi connectivity index (χ1) is 9.26. The zero-order valence-corrected chi connectivity index (χ0v) is 10.4. The number of nitrogens with zero attached hydrogens (tertiary/aromatic N) is 5.